The van der Waals surface area contributed by atoms with Crippen molar-refractivity contribution in [2.45, 2.75) is 38.4 Å². The molecule has 0 aliphatic carbocycles. The van der Waals surface area contributed by atoms with E-state index in [1.165, 1.54) is 18.7 Å². The third-order valence-corrected chi connectivity index (χ3v) is 5.67. The summed E-state index contributed by atoms with van der Waals surface area (Å²) in [7, 11) is 0. The van der Waals surface area contributed by atoms with E-state index in [4.69, 9.17) is 0 Å². The normalized spacial score (nSPS) is 12.0. The van der Waals surface area contributed by atoms with Crippen molar-refractivity contribution in [1.29, 1.82) is 0 Å². The first-order valence-corrected chi connectivity index (χ1v) is 10.4. The first-order chi connectivity index (χ1) is 13.9. The average Bonchev–Trinajstić information content (AvgIpc) is 2.72. The first-order valence-electron chi connectivity index (χ1n) is 9.45. The third kappa shape index (κ3) is 4.74. The molecule has 0 spiro atoms. The quantitative estimate of drug-likeness (QED) is 0.357. The molecule has 2 aromatic carbocycles. The number of nitrogens with zero attached hydrogens (tertiary/aromatic N) is 2. The van der Waals surface area contributed by atoms with Crippen LogP contribution >= 0.6 is 11.8 Å². The standard InChI is InChI=1S/C22H23N3O3S/c1-4-14(2)25-21(28)18-7-5-6-8-19(18)24-22(25)29-13-20(27)23-17-11-9-16(10-12-17)15(3)26/h5-12,14H,4,13H2,1-3H3,(H,23,27)/t14-/m1/s1. The number of hydrogen-bond donors (Lipinski definition) is 1. The lowest BCUT2D eigenvalue weighted by Crippen LogP contribution is -2.26. The van der Waals surface area contributed by atoms with Crippen molar-refractivity contribution in [3.05, 3.63) is 64.4 Å². The fourth-order valence-corrected chi connectivity index (χ4v) is 3.81. The predicted molar refractivity (Wildman–Crippen MR) is 117 cm³/mol. The molecular weight excluding hydrogens is 386 g/mol. The van der Waals surface area contributed by atoms with E-state index in [9.17, 15) is 14.4 Å². The summed E-state index contributed by atoms with van der Waals surface area (Å²) in [5, 5.41) is 3.92. The van der Waals surface area contributed by atoms with Gasteiger partial charge >= 0.3 is 0 Å². The molecule has 1 N–H and O–H groups in total. The molecule has 0 aliphatic rings. The number of ketones is 1. The lowest BCUT2D eigenvalue weighted by molar-refractivity contribution is -0.113. The molecule has 3 rings (SSSR count). The summed E-state index contributed by atoms with van der Waals surface area (Å²) in [5.74, 6) is -0.108. The molecule has 3 aromatic rings. The molecule has 29 heavy (non-hydrogen) atoms. The van der Waals surface area contributed by atoms with Gasteiger partial charge in [0.05, 0.1) is 16.7 Å². The Bertz CT molecular complexity index is 1110. The maximum absolute atomic E-state index is 13.0. The third-order valence-electron chi connectivity index (χ3n) is 4.71. The molecular formula is C22H23N3O3S. The maximum Gasteiger partial charge on any atom is 0.262 e. The molecule has 150 valence electrons. The molecule has 1 heterocycles. The summed E-state index contributed by atoms with van der Waals surface area (Å²) in [4.78, 5) is 41.3. The number of benzene rings is 2. The van der Waals surface area contributed by atoms with Gasteiger partial charge in [0.2, 0.25) is 5.91 Å². The van der Waals surface area contributed by atoms with E-state index in [1.54, 1.807) is 41.0 Å². The fraction of sp³-hybridized carbons (Fsp3) is 0.273. The van der Waals surface area contributed by atoms with Crippen LogP contribution in [0.25, 0.3) is 10.9 Å². The summed E-state index contributed by atoms with van der Waals surface area (Å²) in [6.07, 6.45) is 0.780. The number of carbonyl (C=O) groups excluding carboxylic acids is 2. The number of nitrogens with one attached hydrogen (secondary N) is 1. The number of rotatable bonds is 7. The monoisotopic (exact) mass is 409 g/mol. The van der Waals surface area contributed by atoms with Crippen molar-refractivity contribution in [1.82, 2.24) is 9.55 Å². The van der Waals surface area contributed by atoms with Crippen molar-refractivity contribution >= 4 is 40.0 Å². The van der Waals surface area contributed by atoms with Gasteiger partial charge in [-0.3, -0.25) is 19.0 Å². The molecule has 0 saturated heterocycles. The van der Waals surface area contributed by atoms with E-state index < -0.39 is 0 Å². The number of carbonyl (C=O) groups is 2. The van der Waals surface area contributed by atoms with E-state index in [2.05, 4.69) is 10.3 Å². The van der Waals surface area contributed by atoms with Crippen LogP contribution < -0.4 is 10.9 Å². The molecule has 1 atom stereocenters. The van der Waals surface area contributed by atoms with Crippen molar-refractivity contribution in [2.75, 3.05) is 11.1 Å². The Morgan fingerprint density at radius 2 is 1.83 bits per heavy atom. The van der Waals surface area contributed by atoms with Crippen LogP contribution in [0, 0.1) is 0 Å². The summed E-state index contributed by atoms with van der Waals surface area (Å²) < 4.78 is 1.67. The number of aromatic nitrogens is 2. The molecule has 1 amide bonds. The predicted octanol–water partition coefficient (Wildman–Crippen LogP) is 4.30. The minimum atomic E-state index is -0.205. The molecule has 7 heteroatoms. The zero-order valence-corrected chi connectivity index (χ0v) is 17.5. The van der Waals surface area contributed by atoms with Gasteiger partial charge in [-0.15, -0.1) is 0 Å². The van der Waals surface area contributed by atoms with Crippen LogP contribution in [-0.2, 0) is 4.79 Å². The summed E-state index contributed by atoms with van der Waals surface area (Å²) in [6.45, 7) is 5.48. The van der Waals surface area contributed by atoms with E-state index in [0.717, 1.165) is 6.42 Å². The van der Waals surface area contributed by atoms with Gasteiger partial charge in [-0.2, -0.15) is 0 Å². The maximum atomic E-state index is 13.0. The average molecular weight is 410 g/mol. The van der Waals surface area contributed by atoms with Crippen LogP contribution in [0.2, 0.25) is 0 Å². The largest absolute Gasteiger partial charge is 0.325 e. The highest BCUT2D eigenvalue weighted by Gasteiger charge is 2.16. The zero-order valence-electron chi connectivity index (χ0n) is 16.6. The zero-order chi connectivity index (χ0) is 21.0. The summed E-state index contributed by atoms with van der Waals surface area (Å²) in [5.41, 5.74) is 1.74. The Morgan fingerprint density at radius 3 is 2.48 bits per heavy atom. The first kappa shape index (κ1) is 20.8. The van der Waals surface area contributed by atoms with E-state index >= 15 is 0 Å². The van der Waals surface area contributed by atoms with Crippen molar-refractivity contribution < 1.29 is 9.59 Å². The van der Waals surface area contributed by atoms with E-state index in [0.29, 0.717) is 27.3 Å². The minimum absolute atomic E-state index is 0.0238. The van der Waals surface area contributed by atoms with Crippen molar-refractivity contribution in [3.63, 3.8) is 0 Å². The van der Waals surface area contributed by atoms with Gasteiger partial charge in [0.1, 0.15) is 0 Å². The number of anilines is 1. The smallest absolute Gasteiger partial charge is 0.262 e. The SMILES string of the molecule is CC[C@@H](C)n1c(SCC(=O)Nc2ccc(C(C)=O)cc2)nc2ccccc2c1=O. The fourth-order valence-electron chi connectivity index (χ4n) is 2.91. The number of Topliss-reactive ketones (excluding diaryl/α,β-unsaturated/α-hetero) is 1. The Balaban J connectivity index is 1.79. The van der Waals surface area contributed by atoms with Crippen molar-refractivity contribution in [3.8, 4) is 0 Å². The number of thioether (sulfide) groups is 1. The van der Waals surface area contributed by atoms with E-state index in [-0.39, 0.29) is 29.0 Å². The van der Waals surface area contributed by atoms with Gasteiger partial charge < -0.3 is 5.32 Å². The number of para-hydroxylation sites is 1. The number of hydrogen-bond acceptors (Lipinski definition) is 5. The van der Waals surface area contributed by atoms with Gasteiger partial charge in [0, 0.05) is 17.3 Å². The second-order valence-electron chi connectivity index (χ2n) is 6.81. The topological polar surface area (TPSA) is 81.1 Å². The minimum Gasteiger partial charge on any atom is -0.325 e. The number of amides is 1. The lowest BCUT2D eigenvalue weighted by Gasteiger charge is -2.18. The highest BCUT2D eigenvalue weighted by Crippen LogP contribution is 2.22. The lowest BCUT2D eigenvalue weighted by atomic mass is 10.1. The summed E-state index contributed by atoms with van der Waals surface area (Å²) >= 11 is 1.24. The van der Waals surface area contributed by atoms with Crippen LogP contribution in [0.15, 0.2) is 58.5 Å². The molecule has 0 unspecified atom stereocenters. The molecule has 1 aromatic heterocycles. The Kier molecular flexibility index (Phi) is 6.49. The molecule has 0 fully saturated rings. The Hall–Kier alpha value is -2.93. The molecule has 0 aliphatic heterocycles. The second-order valence-corrected chi connectivity index (χ2v) is 7.76. The van der Waals surface area contributed by atoms with Gasteiger partial charge in [-0.25, -0.2) is 4.98 Å². The second kappa shape index (κ2) is 9.05. The number of fused-ring (bicyclic) bond motifs is 1. The highest BCUT2D eigenvalue weighted by atomic mass is 32.2. The van der Waals surface area contributed by atoms with E-state index in [1.807, 2.05) is 26.0 Å². The Morgan fingerprint density at radius 1 is 1.14 bits per heavy atom. The molecule has 0 bridgehead atoms. The molecule has 6 nitrogen and oxygen atoms in total. The molecule has 0 radical (unpaired) electrons. The van der Waals surface area contributed by atoms with Gasteiger partial charge in [-0.1, -0.05) is 30.8 Å². The van der Waals surface area contributed by atoms with Gasteiger partial charge in [0.15, 0.2) is 10.9 Å². The van der Waals surface area contributed by atoms with Crippen LogP contribution in [0.3, 0.4) is 0 Å². The van der Waals surface area contributed by atoms with Crippen molar-refractivity contribution in [2.24, 2.45) is 0 Å². The molecule has 0 saturated carbocycles. The van der Waals surface area contributed by atoms with Crippen LogP contribution in [0.4, 0.5) is 5.69 Å². The van der Waals surface area contributed by atoms with Gasteiger partial charge in [-0.05, 0) is 56.7 Å². The summed E-state index contributed by atoms with van der Waals surface area (Å²) in [6, 6.07) is 14.0. The van der Waals surface area contributed by atoms with Crippen LogP contribution in [0.1, 0.15) is 43.6 Å². The van der Waals surface area contributed by atoms with Gasteiger partial charge in [0.25, 0.3) is 5.56 Å². The van der Waals surface area contributed by atoms with Crippen LogP contribution in [0.5, 0.6) is 0 Å². The van der Waals surface area contributed by atoms with Crippen LogP contribution in [-0.4, -0.2) is 27.0 Å². The Labute approximate surface area is 173 Å². The highest BCUT2D eigenvalue weighted by molar-refractivity contribution is 7.99.